The van der Waals surface area contributed by atoms with E-state index in [0.29, 0.717) is 11.7 Å². The second-order valence-electron chi connectivity index (χ2n) is 7.06. The number of rotatable bonds is 7. The van der Waals surface area contributed by atoms with Crippen molar-refractivity contribution in [3.8, 4) is 11.5 Å². The number of carbonyl (C=O) groups excluding carboxylic acids is 1. The lowest BCUT2D eigenvalue weighted by Crippen LogP contribution is -2.49. The second-order valence-corrected chi connectivity index (χ2v) is 7.06. The maximum Gasteiger partial charge on any atom is 0.274 e. The molecule has 0 N–H and O–H groups in total. The molecule has 1 fully saturated rings. The first-order chi connectivity index (χ1) is 13.6. The van der Waals surface area contributed by atoms with Crippen molar-refractivity contribution in [2.75, 3.05) is 40.9 Å². The van der Waals surface area contributed by atoms with Gasteiger partial charge in [0.25, 0.3) is 5.91 Å². The number of hydrogen-bond acceptors (Lipinski definition) is 6. The summed E-state index contributed by atoms with van der Waals surface area (Å²) in [6.45, 7) is 2.40. The highest BCUT2D eigenvalue weighted by Gasteiger charge is 2.27. The number of nitrogens with zero attached hydrogens (tertiary/aromatic N) is 4. The highest BCUT2D eigenvalue weighted by Crippen LogP contribution is 2.28. The van der Waals surface area contributed by atoms with Crippen LogP contribution in [-0.2, 0) is 6.42 Å². The zero-order valence-electron chi connectivity index (χ0n) is 16.8. The molecule has 150 valence electrons. The van der Waals surface area contributed by atoms with Crippen LogP contribution in [0.25, 0.3) is 0 Å². The van der Waals surface area contributed by atoms with Crippen LogP contribution >= 0.6 is 0 Å². The van der Waals surface area contributed by atoms with E-state index in [0.717, 1.165) is 50.4 Å². The van der Waals surface area contributed by atoms with Crippen molar-refractivity contribution in [3.63, 3.8) is 0 Å². The largest absolute Gasteiger partial charge is 0.493 e. The molecule has 1 aliphatic rings. The van der Waals surface area contributed by atoms with Gasteiger partial charge in [-0.2, -0.15) is 0 Å². The maximum atomic E-state index is 12.7. The molecule has 2 aromatic rings. The van der Waals surface area contributed by atoms with Crippen LogP contribution in [0.1, 0.15) is 28.9 Å². The van der Waals surface area contributed by atoms with Crippen LogP contribution in [0.4, 0.5) is 0 Å². The van der Waals surface area contributed by atoms with Gasteiger partial charge in [-0.05, 0) is 44.0 Å². The summed E-state index contributed by atoms with van der Waals surface area (Å²) in [4.78, 5) is 25.0. The molecule has 0 spiro atoms. The van der Waals surface area contributed by atoms with Crippen molar-refractivity contribution in [1.82, 2.24) is 19.8 Å². The fourth-order valence-corrected chi connectivity index (χ4v) is 3.59. The van der Waals surface area contributed by atoms with Gasteiger partial charge in [-0.3, -0.25) is 9.78 Å². The molecule has 7 heteroatoms. The Morgan fingerprint density at radius 2 is 2.07 bits per heavy atom. The summed E-state index contributed by atoms with van der Waals surface area (Å²) >= 11 is 0. The first-order valence-electron chi connectivity index (χ1n) is 9.58. The number of amides is 1. The quantitative estimate of drug-likeness (QED) is 0.730. The van der Waals surface area contributed by atoms with Gasteiger partial charge in [0.15, 0.2) is 11.5 Å². The molecule has 1 aromatic carbocycles. The second kappa shape index (κ2) is 9.50. The van der Waals surface area contributed by atoms with Gasteiger partial charge in [0.2, 0.25) is 0 Å². The zero-order valence-corrected chi connectivity index (χ0v) is 16.8. The Morgan fingerprint density at radius 3 is 2.79 bits per heavy atom. The van der Waals surface area contributed by atoms with E-state index in [1.165, 1.54) is 11.8 Å². The average Bonchev–Trinajstić information content (AvgIpc) is 2.77. The predicted molar refractivity (Wildman–Crippen MR) is 107 cm³/mol. The van der Waals surface area contributed by atoms with E-state index in [-0.39, 0.29) is 5.91 Å². The molecule has 1 amide bonds. The number of piperidine rings is 1. The third kappa shape index (κ3) is 4.78. The Morgan fingerprint density at radius 1 is 1.25 bits per heavy atom. The van der Waals surface area contributed by atoms with Crippen LogP contribution in [-0.4, -0.2) is 72.6 Å². The smallest absolute Gasteiger partial charge is 0.274 e. The molecule has 0 aliphatic carbocycles. The number of benzene rings is 1. The molecule has 7 nitrogen and oxygen atoms in total. The van der Waals surface area contributed by atoms with Gasteiger partial charge >= 0.3 is 0 Å². The lowest BCUT2D eigenvalue weighted by atomic mass is 10.0. The molecule has 0 unspecified atom stereocenters. The van der Waals surface area contributed by atoms with Crippen molar-refractivity contribution in [2.45, 2.75) is 25.3 Å². The Kier molecular flexibility index (Phi) is 6.81. The predicted octanol–water partition coefficient (Wildman–Crippen LogP) is 2.27. The molecule has 1 aromatic heterocycles. The van der Waals surface area contributed by atoms with Gasteiger partial charge in [-0.1, -0.05) is 6.07 Å². The molecule has 0 radical (unpaired) electrons. The third-order valence-electron chi connectivity index (χ3n) is 5.29. The van der Waals surface area contributed by atoms with Crippen LogP contribution < -0.4 is 9.47 Å². The third-order valence-corrected chi connectivity index (χ3v) is 5.29. The van der Waals surface area contributed by atoms with E-state index in [9.17, 15) is 4.79 Å². The van der Waals surface area contributed by atoms with Crippen molar-refractivity contribution in [3.05, 3.63) is 48.0 Å². The van der Waals surface area contributed by atoms with Crippen molar-refractivity contribution < 1.29 is 14.3 Å². The summed E-state index contributed by atoms with van der Waals surface area (Å²) in [5.41, 5.74) is 1.61. The van der Waals surface area contributed by atoms with E-state index in [1.807, 2.05) is 17.0 Å². The van der Waals surface area contributed by atoms with Gasteiger partial charge in [0.05, 0.1) is 20.4 Å². The minimum Gasteiger partial charge on any atom is -0.493 e. The summed E-state index contributed by atoms with van der Waals surface area (Å²) in [7, 11) is 5.42. The monoisotopic (exact) mass is 384 g/mol. The molecule has 0 saturated carbocycles. The fourth-order valence-electron chi connectivity index (χ4n) is 3.59. The van der Waals surface area contributed by atoms with Gasteiger partial charge in [0.1, 0.15) is 5.69 Å². The number of likely N-dealkylation sites (N-methyl/N-ethyl adjacent to an activating group) is 1. The zero-order chi connectivity index (χ0) is 19.9. The Balaban J connectivity index is 1.57. The van der Waals surface area contributed by atoms with Gasteiger partial charge in [-0.25, -0.2) is 4.98 Å². The van der Waals surface area contributed by atoms with Gasteiger partial charge < -0.3 is 19.3 Å². The van der Waals surface area contributed by atoms with E-state index in [2.05, 4.69) is 28.0 Å². The van der Waals surface area contributed by atoms with Crippen LogP contribution in [0.2, 0.25) is 0 Å². The summed E-state index contributed by atoms with van der Waals surface area (Å²) in [6, 6.07) is 6.38. The first kappa shape index (κ1) is 20.1. The highest BCUT2D eigenvalue weighted by atomic mass is 16.5. The van der Waals surface area contributed by atoms with E-state index in [1.54, 1.807) is 26.6 Å². The number of aromatic nitrogens is 2. The average molecular weight is 384 g/mol. The van der Waals surface area contributed by atoms with Gasteiger partial charge in [-0.15, -0.1) is 0 Å². The summed E-state index contributed by atoms with van der Waals surface area (Å²) in [5.74, 6) is 1.46. The number of methoxy groups -OCH3 is 2. The van der Waals surface area contributed by atoms with Crippen LogP contribution in [0.5, 0.6) is 11.5 Å². The van der Waals surface area contributed by atoms with Crippen molar-refractivity contribution in [1.29, 1.82) is 0 Å². The summed E-state index contributed by atoms with van der Waals surface area (Å²) in [5, 5.41) is 0. The standard InChI is InChI=1S/C21H28N4O3/c1-24(12-8-16-6-7-19(27-2)20(13-16)28-3)17-5-4-11-25(15-17)21(26)18-14-22-9-10-23-18/h6-7,9-10,13-14,17H,4-5,8,11-12,15H2,1-3H3/t17-/m1/s1. The Hall–Kier alpha value is -2.67. The molecule has 1 saturated heterocycles. The van der Waals surface area contributed by atoms with E-state index >= 15 is 0 Å². The first-order valence-corrected chi connectivity index (χ1v) is 9.58. The van der Waals surface area contributed by atoms with Crippen molar-refractivity contribution in [2.24, 2.45) is 0 Å². The van der Waals surface area contributed by atoms with Gasteiger partial charge in [0, 0.05) is 38.1 Å². The minimum absolute atomic E-state index is 0.0360. The maximum absolute atomic E-state index is 12.7. The topological polar surface area (TPSA) is 67.8 Å². The summed E-state index contributed by atoms with van der Waals surface area (Å²) in [6.07, 6.45) is 7.67. The number of carbonyl (C=O) groups is 1. The van der Waals surface area contributed by atoms with E-state index < -0.39 is 0 Å². The fraction of sp³-hybridized carbons (Fsp3) is 0.476. The van der Waals surface area contributed by atoms with Crippen LogP contribution in [0.3, 0.4) is 0 Å². The molecule has 28 heavy (non-hydrogen) atoms. The Bertz CT molecular complexity index is 784. The van der Waals surface area contributed by atoms with Crippen LogP contribution in [0, 0.1) is 0 Å². The lowest BCUT2D eigenvalue weighted by Gasteiger charge is -2.37. The molecular weight excluding hydrogens is 356 g/mol. The number of ether oxygens (including phenoxy) is 2. The molecule has 1 aliphatic heterocycles. The number of hydrogen-bond donors (Lipinski definition) is 0. The number of likely N-dealkylation sites (tertiary alicyclic amines) is 1. The molecule has 2 heterocycles. The SMILES string of the molecule is COc1ccc(CCN(C)[C@@H]2CCCN(C(=O)c3cnccn3)C2)cc1OC. The Labute approximate surface area is 166 Å². The minimum atomic E-state index is -0.0360. The van der Waals surface area contributed by atoms with Crippen LogP contribution in [0.15, 0.2) is 36.8 Å². The van der Waals surface area contributed by atoms with Crippen molar-refractivity contribution >= 4 is 5.91 Å². The summed E-state index contributed by atoms with van der Waals surface area (Å²) < 4.78 is 10.7. The molecule has 0 bridgehead atoms. The lowest BCUT2D eigenvalue weighted by molar-refractivity contribution is 0.0605. The highest BCUT2D eigenvalue weighted by molar-refractivity contribution is 5.92. The molecular formula is C21H28N4O3. The molecule has 3 rings (SSSR count). The van der Waals surface area contributed by atoms with E-state index in [4.69, 9.17) is 9.47 Å². The molecule has 1 atom stereocenters. The normalized spacial score (nSPS) is 16.9.